The average Bonchev–Trinajstić information content (AvgIpc) is 2.03. The molecule has 0 unspecified atom stereocenters. The lowest BCUT2D eigenvalue weighted by molar-refractivity contribution is 0.601. The first-order valence-corrected chi connectivity index (χ1v) is 5.06. The fraction of sp³-hybridized carbons (Fsp3) is 0.125. The van der Waals surface area contributed by atoms with Crippen LogP contribution in [0.4, 0.5) is 0 Å². The number of sulfone groups is 1. The van der Waals surface area contributed by atoms with Crippen LogP contribution >= 0.6 is 0 Å². The molecule has 1 rings (SSSR count). The summed E-state index contributed by atoms with van der Waals surface area (Å²) in [6.45, 7) is 0. The Hall–Kier alpha value is -1.34. The average molecular weight is 181 g/mol. The van der Waals surface area contributed by atoms with Crippen LogP contribution in [-0.4, -0.2) is 19.7 Å². The summed E-state index contributed by atoms with van der Waals surface area (Å²) in [7, 11) is -3.16. The highest BCUT2D eigenvalue weighted by atomic mass is 32.2. The number of nitrogens with zero attached hydrogens (tertiary/aromatic N) is 1. The Morgan fingerprint density at radius 2 is 2.17 bits per heavy atom. The van der Waals surface area contributed by atoms with Crippen molar-refractivity contribution in [3.8, 4) is 12.3 Å². The number of rotatable bonds is 1. The smallest absolute Gasteiger partial charge is 0.177 e. The van der Waals surface area contributed by atoms with Crippen LogP contribution in [0.1, 0.15) is 5.69 Å². The van der Waals surface area contributed by atoms with Crippen LogP contribution in [0, 0.1) is 12.3 Å². The SMILES string of the molecule is C#Cc1ccc(S(C)(=O)=O)cn1. The summed E-state index contributed by atoms with van der Waals surface area (Å²) in [6.07, 6.45) is 7.43. The molecule has 0 aromatic carbocycles. The molecule has 0 radical (unpaired) electrons. The van der Waals surface area contributed by atoms with Crippen LogP contribution in [0.15, 0.2) is 23.2 Å². The normalized spacial score (nSPS) is 10.7. The van der Waals surface area contributed by atoms with Gasteiger partial charge in [-0.25, -0.2) is 13.4 Å². The molecule has 12 heavy (non-hydrogen) atoms. The van der Waals surface area contributed by atoms with Gasteiger partial charge >= 0.3 is 0 Å². The van der Waals surface area contributed by atoms with Gasteiger partial charge in [-0.3, -0.25) is 0 Å². The molecular weight excluding hydrogens is 174 g/mol. The summed E-state index contributed by atoms with van der Waals surface area (Å²) in [4.78, 5) is 3.93. The minimum Gasteiger partial charge on any atom is -0.246 e. The number of hydrogen-bond acceptors (Lipinski definition) is 3. The summed E-state index contributed by atoms with van der Waals surface area (Å²) >= 11 is 0. The Kier molecular flexibility index (Phi) is 2.15. The predicted octanol–water partition coefficient (Wildman–Crippen LogP) is 0.466. The molecule has 0 aliphatic rings. The summed E-state index contributed by atoms with van der Waals surface area (Å²) < 4.78 is 21.9. The topological polar surface area (TPSA) is 47.0 Å². The van der Waals surface area contributed by atoms with E-state index in [1.165, 1.54) is 18.3 Å². The van der Waals surface area contributed by atoms with Crippen LogP contribution in [0.3, 0.4) is 0 Å². The Balaban J connectivity index is 3.20. The van der Waals surface area contributed by atoms with Crippen LogP contribution in [0.5, 0.6) is 0 Å². The Bertz CT molecular complexity index is 411. The molecule has 0 aliphatic heterocycles. The molecule has 62 valence electrons. The van der Waals surface area contributed by atoms with Crippen molar-refractivity contribution in [3.05, 3.63) is 24.0 Å². The fourth-order valence-corrected chi connectivity index (χ4v) is 1.24. The Morgan fingerprint density at radius 3 is 2.50 bits per heavy atom. The van der Waals surface area contributed by atoms with Gasteiger partial charge in [0, 0.05) is 12.5 Å². The molecule has 0 fully saturated rings. The van der Waals surface area contributed by atoms with E-state index in [4.69, 9.17) is 6.42 Å². The van der Waals surface area contributed by atoms with Gasteiger partial charge in [-0.1, -0.05) is 5.92 Å². The standard InChI is InChI=1S/C8H7NO2S/c1-3-7-4-5-8(6-9-7)12(2,10)11/h1,4-6H,2H3. The van der Waals surface area contributed by atoms with E-state index in [2.05, 4.69) is 10.9 Å². The van der Waals surface area contributed by atoms with E-state index in [1.807, 2.05) is 0 Å². The van der Waals surface area contributed by atoms with E-state index >= 15 is 0 Å². The second-order valence-electron chi connectivity index (χ2n) is 2.30. The van der Waals surface area contributed by atoms with Crippen LogP contribution in [0.2, 0.25) is 0 Å². The fourth-order valence-electron chi connectivity index (χ4n) is 0.685. The minimum atomic E-state index is -3.16. The van der Waals surface area contributed by atoms with E-state index in [-0.39, 0.29) is 4.90 Å². The van der Waals surface area contributed by atoms with Crippen molar-refractivity contribution in [1.29, 1.82) is 0 Å². The second-order valence-corrected chi connectivity index (χ2v) is 4.31. The maximum absolute atomic E-state index is 10.9. The number of aromatic nitrogens is 1. The second kappa shape index (κ2) is 2.95. The van der Waals surface area contributed by atoms with Gasteiger partial charge in [0.1, 0.15) is 5.69 Å². The van der Waals surface area contributed by atoms with Crippen molar-refractivity contribution in [3.63, 3.8) is 0 Å². The van der Waals surface area contributed by atoms with E-state index < -0.39 is 9.84 Å². The zero-order chi connectivity index (χ0) is 9.19. The third-order valence-electron chi connectivity index (χ3n) is 1.31. The van der Waals surface area contributed by atoms with Crippen LogP contribution in [0.25, 0.3) is 0 Å². The lowest BCUT2D eigenvalue weighted by Gasteiger charge is -1.95. The van der Waals surface area contributed by atoms with E-state index in [0.717, 1.165) is 6.26 Å². The molecule has 0 aliphatic carbocycles. The number of pyridine rings is 1. The molecule has 1 aromatic heterocycles. The first-order valence-electron chi connectivity index (χ1n) is 3.17. The molecule has 1 aromatic rings. The van der Waals surface area contributed by atoms with Crippen molar-refractivity contribution >= 4 is 9.84 Å². The first-order chi connectivity index (χ1) is 5.54. The molecule has 3 nitrogen and oxygen atoms in total. The summed E-state index contributed by atoms with van der Waals surface area (Å²) in [6, 6.07) is 2.94. The van der Waals surface area contributed by atoms with Gasteiger partial charge in [0.15, 0.2) is 9.84 Å². The van der Waals surface area contributed by atoms with Crippen LogP contribution in [-0.2, 0) is 9.84 Å². The predicted molar refractivity (Wildman–Crippen MR) is 45.3 cm³/mol. The van der Waals surface area contributed by atoms with Crippen molar-refractivity contribution in [2.75, 3.05) is 6.26 Å². The van der Waals surface area contributed by atoms with Gasteiger partial charge in [-0.15, -0.1) is 6.42 Å². The maximum Gasteiger partial charge on any atom is 0.177 e. The third kappa shape index (κ3) is 1.83. The van der Waals surface area contributed by atoms with Gasteiger partial charge in [0.25, 0.3) is 0 Å². The molecule has 0 saturated heterocycles. The maximum atomic E-state index is 10.9. The van der Waals surface area contributed by atoms with E-state index in [9.17, 15) is 8.42 Å². The molecular formula is C8H7NO2S. The summed E-state index contributed by atoms with van der Waals surface area (Å²) in [5.74, 6) is 2.30. The van der Waals surface area contributed by atoms with Gasteiger partial charge in [0.05, 0.1) is 4.90 Å². The van der Waals surface area contributed by atoms with Gasteiger partial charge in [-0.2, -0.15) is 0 Å². The number of hydrogen-bond donors (Lipinski definition) is 0. The zero-order valence-corrected chi connectivity index (χ0v) is 7.30. The lowest BCUT2D eigenvalue weighted by atomic mass is 10.4. The zero-order valence-electron chi connectivity index (χ0n) is 6.48. The Morgan fingerprint density at radius 1 is 1.50 bits per heavy atom. The molecule has 0 amide bonds. The first kappa shape index (κ1) is 8.75. The van der Waals surface area contributed by atoms with Crippen LogP contribution < -0.4 is 0 Å². The molecule has 0 atom stereocenters. The largest absolute Gasteiger partial charge is 0.246 e. The highest BCUT2D eigenvalue weighted by Gasteiger charge is 2.05. The van der Waals surface area contributed by atoms with Crippen molar-refractivity contribution < 1.29 is 8.42 Å². The molecule has 4 heteroatoms. The lowest BCUT2D eigenvalue weighted by Crippen LogP contribution is -1.97. The monoisotopic (exact) mass is 181 g/mol. The highest BCUT2D eigenvalue weighted by molar-refractivity contribution is 7.90. The van der Waals surface area contributed by atoms with E-state index in [1.54, 1.807) is 0 Å². The van der Waals surface area contributed by atoms with Crippen molar-refractivity contribution in [1.82, 2.24) is 4.98 Å². The quantitative estimate of drug-likeness (QED) is 0.591. The highest BCUT2D eigenvalue weighted by Crippen LogP contribution is 2.06. The molecule has 0 bridgehead atoms. The Labute approximate surface area is 71.4 Å². The number of terminal acetylenes is 1. The summed E-state index contributed by atoms with van der Waals surface area (Å²) in [5.41, 5.74) is 0.433. The molecule has 0 spiro atoms. The van der Waals surface area contributed by atoms with Gasteiger partial charge in [-0.05, 0) is 12.1 Å². The third-order valence-corrected chi connectivity index (χ3v) is 2.41. The summed E-state index contributed by atoms with van der Waals surface area (Å²) in [5, 5.41) is 0. The van der Waals surface area contributed by atoms with Gasteiger partial charge < -0.3 is 0 Å². The van der Waals surface area contributed by atoms with Crippen molar-refractivity contribution in [2.45, 2.75) is 4.90 Å². The molecule has 0 saturated carbocycles. The van der Waals surface area contributed by atoms with Crippen molar-refractivity contribution in [2.24, 2.45) is 0 Å². The molecule has 1 heterocycles. The minimum absolute atomic E-state index is 0.182. The van der Waals surface area contributed by atoms with E-state index in [0.29, 0.717) is 5.69 Å². The molecule has 0 N–H and O–H groups in total. The van der Waals surface area contributed by atoms with Gasteiger partial charge in [0.2, 0.25) is 0 Å².